The fourth-order valence-corrected chi connectivity index (χ4v) is 4.75. The summed E-state index contributed by atoms with van der Waals surface area (Å²) in [5, 5.41) is 12.1. The van der Waals surface area contributed by atoms with Gasteiger partial charge in [0.05, 0.1) is 6.54 Å². The zero-order valence-corrected chi connectivity index (χ0v) is 17.5. The lowest BCUT2D eigenvalue weighted by Gasteiger charge is -2.32. The number of fused-ring (bicyclic) bond motifs is 1. The minimum atomic E-state index is 0.00923. The number of H-pyrrole nitrogens is 1. The zero-order valence-electron chi connectivity index (χ0n) is 17.5. The summed E-state index contributed by atoms with van der Waals surface area (Å²) in [5.74, 6) is 2.44. The van der Waals surface area contributed by atoms with E-state index in [1.807, 2.05) is 11.8 Å². The summed E-state index contributed by atoms with van der Waals surface area (Å²) in [6.45, 7) is 9.54. The van der Waals surface area contributed by atoms with Gasteiger partial charge in [-0.1, -0.05) is 13.3 Å². The first-order chi connectivity index (χ1) is 14.0. The van der Waals surface area contributed by atoms with Crippen molar-refractivity contribution in [2.75, 3.05) is 19.6 Å². The molecule has 4 rings (SSSR count). The van der Waals surface area contributed by atoms with Crippen LogP contribution in [0.15, 0.2) is 0 Å². The lowest BCUT2D eigenvalue weighted by Crippen LogP contribution is -2.39. The van der Waals surface area contributed by atoms with Gasteiger partial charge in [0.15, 0.2) is 5.78 Å². The Bertz CT molecular complexity index is 920. The van der Waals surface area contributed by atoms with Crippen molar-refractivity contribution in [1.29, 1.82) is 0 Å². The van der Waals surface area contributed by atoms with Gasteiger partial charge >= 0.3 is 0 Å². The number of Topliss-reactive ketones (excluding diaryl/α,β-unsaturated/α-hetero) is 1. The lowest BCUT2D eigenvalue weighted by atomic mass is 9.95. The predicted octanol–water partition coefficient (Wildman–Crippen LogP) is 2.19. The summed E-state index contributed by atoms with van der Waals surface area (Å²) >= 11 is 0. The van der Waals surface area contributed by atoms with Crippen LogP contribution in [-0.4, -0.2) is 56.0 Å². The van der Waals surface area contributed by atoms with Gasteiger partial charge in [-0.2, -0.15) is 0 Å². The van der Waals surface area contributed by atoms with Crippen molar-refractivity contribution in [2.24, 2.45) is 0 Å². The van der Waals surface area contributed by atoms with Crippen molar-refractivity contribution < 1.29 is 9.59 Å². The van der Waals surface area contributed by atoms with Gasteiger partial charge in [0.1, 0.15) is 17.3 Å². The van der Waals surface area contributed by atoms with E-state index >= 15 is 0 Å². The Balaban J connectivity index is 1.49. The maximum Gasteiger partial charge on any atom is 0.270 e. The third-order valence-electron chi connectivity index (χ3n) is 6.16. The van der Waals surface area contributed by atoms with Crippen LogP contribution in [0.2, 0.25) is 0 Å². The molecule has 0 aliphatic carbocycles. The molecule has 0 unspecified atom stereocenters. The number of aromatic nitrogens is 4. The minimum Gasteiger partial charge on any atom is -0.354 e. The second-order valence-electron chi connectivity index (χ2n) is 8.15. The highest BCUT2D eigenvalue weighted by Crippen LogP contribution is 2.30. The third kappa shape index (κ3) is 3.61. The third-order valence-corrected chi connectivity index (χ3v) is 6.16. The molecule has 0 radical (unpaired) electrons. The molecule has 0 spiro atoms. The van der Waals surface area contributed by atoms with Crippen LogP contribution < -0.4 is 5.32 Å². The number of piperidine rings is 1. The zero-order chi connectivity index (χ0) is 20.5. The minimum absolute atomic E-state index is 0.00923. The van der Waals surface area contributed by atoms with Gasteiger partial charge in [0.25, 0.3) is 5.91 Å². The molecule has 0 saturated carbocycles. The number of rotatable bonds is 5. The van der Waals surface area contributed by atoms with E-state index in [-0.39, 0.29) is 11.7 Å². The number of nitrogens with zero attached hydrogens (tertiary/aromatic N) is 4. The van der Waals surface area contributed by atoms with Crippen molar-refractivity contribution in [3.05, 3.63) is 34.2 Å². The Morgan fingerprint density at radius 1 is 1.17 bits per heavy atom. The number of ketones is 1. The predicted molar refractivity (Wildman–Crippen MR) is 109 cm³/mol. The average Bonchev–Trinajstić information content (AvgIpc) is 3.29. The molecule has 0 aromatic carbocycles. The number of hydrogen-bond donors (Lipinski definition) is 2. The van der Waals surface area contributed by atoms with E-state index in [0.29, 0.717) is 30.3 Å². The molecular formula is C21H30N6O2. The van der Waals surface area contributed by atoms with E-state index in [9.17, 15) is 9.59 Å². The maximum atomic E-state index is 13.3. The van der Waals surface area contributed by atoms with Crippen LogP contribution in [0.5, 0.6) is 0 Å². The summed E-state index contributed by atoms with van der Waals surface area (Å²) < 4.78 is 2.24. The van der Waals surface area contributed by atoms with Crippen LogP contribution in [-0.2, 0) is 19.5 Å². The maximum absolute atomic E-state index is 13.3. The first-order valence-corrected chi connectivity index (χ1v) is 10.7. The molecule has 1 amide bonds. The van der Waals surface area contributed by atoms with Crippen LogP contribution in [0.25, 0.3) is 0 Å². The molecule has 29 heavy (non-hydrogen) atoms. The molecule has 0 bridgehead atoms. The number of carbonyl (C=O) groups is 2. The molecule has 2 aromatic rings. The molecule has 2 aliphatic rings. The second-order valence-corrected chi connectivity index (χ2v) is 8.15. The van der Waals surface area contributed by atoms with Gasteiger partial charge < -0.3 is 19.8 Å². The molecule has 1 fully saturated rings. The van der Waals surface area contributed by atoms with Crippen molar-refractivity contribution in [3.8, 4) is 0 Å². The largest absolute Gasteiger partial charge is 0.354 e. The van der Waals surface area contributed by atoms with E-state index < -0.39 is 0 Å². The van der Waals surface area contributed by atoms with E-state index in [4.69, 9.17) is 0 Å². The van der Waals surface area contributed by atoms with Crippen LogP contribution in [0.1, 0.15) is 82.8 Å². The van der Waals surface area contributed by atoms with Crippen LogP contribution >= 0.6 is 0 Å². The quantitative estimate of drug-likeness (QED) is 0.753. The number of amides is 1. The Labute approximate surface area is 171 Å². The molecule has 2 aromatic heterocycles. The van der Waals surface area contributed by atoms with Gasteiger partial charge in [-0.3, -0.25) is 9.59 Å². The standard InChI is InChI=1S/C21H30N6O2/c1-4-5-16-18(14(3)28)13(2)23-19(16)21(29)26-9-6-15(7-10-26)20-25-24-17-12-22-8-11-27(17)20/h15,22-23H,4-12H2,1-3H3. The summed E-state index contributed by atoms with van der Waals surface area (Å²) in [4.78, 5) is 30.5. The number of nitrogens with one attached hydrogen (secondary N) is 2. The highest BCUT2D eigenvalue weighted by molar-refractivity contribution is 6.02. The number of aryl methyl sites for hydroxylation is 1. The van der Waals surface area contributed by atoms with Crippen molar-refractivity contribution >= 4 is 11.7 Å². The van der Waals surface area contributed by atoms with Gasteiger partial charge in [-0.25, -0.2) is 0 Å². The SMILES string of the molecule is CCCc1c(C(=O)N2CCC(c3nnc4n3CCNC4)CC2)[nH]c(C)c1C(C)=O. The summed E-state index contributed by atoms with van der Waals surface area (Å²) in [7, 11) is 0. The first kappa shape index (κ1) is 19.8. The van der Waals surface area contributed by atoms with Gasteiger partial charge in [-0.05, 0) is 38.7 Å². The average molecular weight is 399 g/mol. The fraction of sp³-hybridized carbons (Fsp3) is 0.619. The molecule has 4 heterocycles. The number of aromatic amines is 1. The normalized spacial score (nSPS) is 17.4. The Kier molecular flexibility index (Phi) is 5.54. The Morgan fingerprint density at radius 2 is 1.93 bits per heavy atom. The molecule has 8 heteroatoms. The number of likely N-dealkylation sites (tertiary alicyclic amines) is 1. The van der Waals surface area contributed by atoms with Gasteiger partial charge in [0, 0.05) is 43.4 Å². The Morgan fingerprint density at radius 3 is 2.62 bits per heavy atom. The highest BCUT2D eigenvalue weighted by atomic mass is 16.2. The highest BCUT2D eigenvalue weighted by Gasteiger charge is 2.31. The molecule has 2 aliphatic heterocycles. The summed E-state index contributed by atoms with van der Waals surface area (Å²) in [6, 6.07) is 0. The number of hydrogen-bond acceptors (Lipinski definition) is 5. The van der Waals surface area contributed by atoms with E-state index in [1.165, 1.54) is 0 Å². The fourth-order valence-electron chi connectivity index (χ4n) is 4.75. The second kappa shape index (κ2) is 8.10. The monoisotopic (exact) mass is 398 g/mol. The van der Waals surface area contributed by atoms with Crippen LogP contribution in [0.4, 0.5) is 0 Å². The van der Waals surface area contributed by atoms with Crippen molar-refractivity contribution in [3.63, 3.8) is 0 Å². The van der Waals surface area contributed by atoms with Crippen LogP contribution in [0.3, 0.4) is 0 Å². The number of carbonyl (C=O) groups excluding carboxylic acids is 2. The van der Waals surface area contributed by atoms with E-state index in [0.717, 1.165) is 68.2 Å². The molecule has 1 saturated heterocycles. The molecule has 2 N–H and O–H groups in total. The van der Waals surface area contributed by atoms with Gasteiger partial charge in [0.2, 0.25) is 0 Å². The molecular weight excluding hydrogens is 368 g/mol. The van der Waals surface area contributed by atoms with E-state index in [1.54, 1.807) is 6.92 Å². The van der Waals surface area contributed by atoms with Crippen molar-refractivity contribution in [1.82, 2.24) is 30.0 Å². The summed E-state index contributed by atoms with van der Waals surface area (Å²) in [6.07, 6.45) is 3.41. The van der Waals surface area contributed by atoms with E-state index in [2.05, 4.69) is 32.0 Å². The Hall–Kier alpha value is -2.48. The molecule has 0 atom stereocenters. The smallest absolute Gasteiger partial charge is 0.270 e. The summed E-state index contributed by atoms with van der Waals surface area (Å²) in [5.41, 5.74) is 2.96. The molecule has 156 valence electrons. The van der Waals surface area contributed by atoms with Crippen LogP contribution in [0, 0.1) is 6.92 Å². The lowest BCUT2D eigenvalue weighted by molar-refractivity contribution is 0.0703. The first-order valence-electron chi connectivity index (χ1n) is 10.7. The van der Waals surface area contributed by atoms with Crippen molar-refractivity contribution in [2.45, 2.75) is 65.5 Å². The molecule has 8 nitrogen and oxygen atoms in total. The van der Waals surface area contributed by atoms with Gasteiger partial charge in [-0.15, -0.1) is 10.2 Å². The topological polar surface area (TPSA) is 95.9 Å².